The predicted octanol–water partition coefficient (Wildman–Crippen LogP) is 4.20. The molecule has 0 aliphatic heterocycles. The first-order valence-electron chi connectivity index (χ1n) is 8.16. The molecule has 0 spiro atoms. The summed E-state index contributed by atoms with van der Waals surface area (Å²) < 4.78 is 0. The predicted molar refractivity (Wildman–Crippen MR) is 88.2 cm³/mol. The van der Waals surface area contributed by atoms with E-state index in [1.807, 2.05) is 13.8 Å². The lowest BCUT2D eigenvalue weighted by atomic mass is 9.64. The standard InChI is InChI=1S/C20H24O2/c1-10(2)14-7-6-11(3)17-15(14)8-12(4)19(21)16-9-13(5)20(22)18(16)17/h8,13-15,17H,1,3,6-7,9H2,2,4-5H3. The van der Waals surface area contributed by atoms with E-state index in [-0.39, 0.29) is 29.3 Å². The van der Waals surface area contributed by atoms with Crippen molar-refractivity contribution in [2.24, 2.45) is 23.7 Å². The van der Waals surface area contributed by atoms with Crippen LogP contribution in [0.15, 0.2) is 47.1 Å². The highest BCUT2D eigenvalue weighted by molar-refractivity contribution is 6.17. The van der Waals surface area contributed by atoms with E-state index in [1.165, 1.54) is 0 Å². The van der Waals surface area contributed by atoms with Gasteiger partial charge in [0, 0.05) is 23.0 Å². The number of carbonyl (C=O) groups is 2. The first kappa shape index (κ1) is 15.2. The van der Waals surface area contributed by atoms with Crippen molar-refractivity contribution in [3.05, 3.63) is 47.1 Å². The van der Waals surface area contributed by atoms with Gasteiger partial charge in [0.1, 0.15) is 0 Å². The van der Waals surface area contributed by atoms with Crippen LogP contribution in [0.25, 0.3) is 0 Å². The molecule has 0 saturated heterocycles. The highest BCUT2D eigenvalue weighted by atomic mass is 16.1. The van der Waals surface area contributed by atoms with Crippen molar-refractivity contribution >= 4 is 11.6 Å². The van der Waals surface area contributed by atoms with Gasteiger partial charge in [0.15, 0.2) is 11.6 Å². The Kier molecular flexibility index (Phi) is 3.58. The van der Waals surface area contributed by atoms with E-state index in [2.05, 4.69) is 26.2 Å². The zero-order valence-corrected chi connectivity index (χ0v) is 13.7. The van der Waals surface area contributed by atoms with Crippen molar-refractivity contribution in [1.82, 2.24) is 0 Å². The SMILES string of the molecule is C=C(C)C1CCC(=C)C2C3=C(CC(C)C3=O)C(=O)C(C)=CC12. The van der Waals surface area contributed by atoms with Gasteiger partial charge in [-0.15, -0.1) is 0 Å². The molecule has 22 heavy (non-hydrogen) atoms. The molecule has 3 aliphatic rings. The number of ketones is 2. The zero-order valence-electron chi connectivity index (χ0n) is 13.7. The van der Waals surface area contributed by atoms with Crippen molar-refractivity contribution in [3.8, 4) is 0 Å². The number of rotatable bonds is 1. The van der Waals surface area contributed by atoms with Crippen molar-refractivity contribution in [1.29, 1.82) is 0 Å². The second kappa shape index (κ2) is 5.19. The molecule has 0 heterocycles. The van der Waals surface area contributed by atoms with Gasteiger partial charge in [0.05, 0.1) is 0 Å². The molecule has 0 aromatic heterocycles. The number of hydrogen-bond acceptors (Lipinski definition) is 2. The topological polar surface area (TPSA) is 34.1 Å². The Balaban J connectivity index is 2.19. The number of carbonyl (C=O) groups excluding carboxylic acids is 2. The molecule has 1 saturated carbocycles. The van der Waals surface area contributed by atoms with Crippen LogP contribution < -0.4 is 0 Å². The van der Waals surface area contributed by atoms with Crippen LogP contribution in [0.1, 0.15) is 40.0 Å². The van der Waals surface area contributed by atoms with Crippen LogP contribution >= 0.6 is 0 Å². The summed E-state index contributed by atoms with van der Waals surface area (Å²) in [6.07, 6.45) is 4.61. The number of fused-ring (bicyclic) bond motifs is 2. The van der Waals surface area contributed by atoms with Crippen LogP contribution in [0, 0.1) is 23.7 Å². The summed E-state index contributed by atoms with van der Waals surface area (Å²) in [5.41, 5.74) is 4.55. The summed E-state index contributed by atoms with van der Waals surface area (Å²) in [4.78, 5) is 25.4. The Bertz CT molecular complexity index is 659. The first-order chi connectivity index (χ1) is 10.3. The van der Waals surface area contributed by atoms with Gasteiger partial charge >= 0.3 is 0 Å². The molecule has 0 aromatic rings. The second-order valence-corrected chi connectivity index (χ2v) is 7.25. The van der Waals surface area contributed by atoms with E-state index < -0.39 is 0 Å². The Hall–Kier alpha value is -1.70. The fourth-order valence-electron chi connectivity index (χ4n) is 4.46. The van der Waals surface area contributed by atoms with Crippen molar-refractivity contribution < 1.29 is 9.59 Å². The van der Waals surface area contributed by atoms with E-state index in [0.717, 1.165) is 40.7 Å². The van der Waals surface area contributed by atoms with Gasteiger partial charge in [-0.1, -0.05) is 37.3 Å². The van der Waals surface area contributed by atoms with Gasteiger partial charge in [-0.2, -0.15) is 0 Å². The van der Waals surface area contributed by atoms with Crippen LogP contribution in [0.3, 0.4) is 0 Å². The highest BCUT2D eigenvalue weighted by Crippen LogP contribution is 2.50. The molecule has 4 atom stereocenters. The molecule has 2 nitrogen and oxygen atoms in total. The van der Waals surface area contributed by atoms with Gasteiger partial charge in [-0.3, -0.25) is 9.59 Å². The monoisotopic (exact) mass is 296 g/mol. The molecule has 2 heteroatoms. The summed E-state index contributed by atoms with van der Waals surface area (Å²) >= 11 is 0. The smallest absolute Gasteiger partial charge is 0.184 e. The summed E-state index contributed by atoms with van der Waals surface area (Å²) in [6.45, 7) is 14.3. The molecule has 0 aromatic carbocycles. The number of allylic oxidation sites excluding steroid dienone is 6. The summed E-state index contributed by atoms with van der Waals surface area (Å²) in [6, 6.07) is 0. The summed E-state index contributed by atoms with van der Waals surface area (Å²) in [5.74, 6) is 0.640. The van der Waals surface area contributed by atoms with Crippen LogP contribution in [0.4, 0.5) is 0 Å². The average Bonchev–Trinajstić information content (AvgIpc) is 2.68. The molecule has 0 bridgehead atoms. The molecule has 0 amide bonds. The molecule has 0 radical (unpaired) electrons. The van der Waals surface area contributed by atoms with Crippen LogP contribution in [0.2, 0.25) is 0 Å². The fourth-order valence-corrected chi connectivity index (χ4v) is 4.46. The lowest BCUT2D eigenvalue weighted by Gasteiger charge is -2.39. The third kappa shape index (κ3) is 2.08. The molecule has 1 fully saturated rings. The van der Waals surface area contributed by atoms with E-state index >= 15 is 0 Å². The van der Waals surface area contributed by atoms with Gasteiger partial charge < -0.3 is 0 Å². The van der Waals surface area contributed by atoms with Crippen LogP contribution in [-0.2, 0) is 9.59 Å². The Morgan fingerprint density at radius 3 is 2.64 bits per heavy atom. The molecule has 3 aliphatic carbocycles. The Labute approximate surface area is 132 Å². The zero-order chi connectivity index (χ0) is 16.2. The maximum absolute atomic E-state index is 12.7. The van der Waals surface area contributed by atoms with Gasteiger partial charge in [-0.25, -0.2) is 0 Å². The van der Waals surface area contributed by atoms with Crippen LogP contribution in [-0.4, -0.2) is 11.6 Å². The maximum atomic E-state index is 12.7. The summed E-state index contributed by atoms with van der Waals surface area (Å²) in [7, 11) is 0. The molecule has 4 unspecified atom stereocenters. The van der Waals surface area contributed by atoms with E-state index in [0.29, 0.717) is 12.3 Å². The third-order valence-electron chi connectivity index (χ3n) is 5.63. The number of Topliss-reactive ketones (excluding diaryl/α,β-unsaturated/α-hetero) is 2. The lowest BCUT2D eigenvalue weighted by Crippen LogP contribution is -2.32. The first-order valence-corrected chi connectivity index (χ1v) is 8.16. The maximum Gasteiger partial charge on any atom is 0.184 e. The summed E-state index contributed by atoms with van der Waals surface area (Å²) in [5, 5.41) is 0. The van der Waals surface area contributed by atoms with Crippen molar-refractivity contribution in [2.45, 2.75) is 40.0 Å². The van der Waals surface area contributed by atoms with Gasteiger partial charge in [0.2, 0.25) is 0 Å². The molecule has 3 rings (SSSR count). The van der Waals surface area contributed by atoms with Gasteiger partial charge in [-0.05, 0) is 50.5 Å². The molecule has 0 N–H and O–H groups in total. The third-order valence-corrected chi connectivity index (χ3v) is 5.63. The molecular formula is C20H24O2. The van der Waals surface area contributed by atoms with Crippen LogP contribution in [0.5, 0.6) is 0 Å². The normalized spacial score (nSPS) is 35.0. The number of hydrogen-bond donors (Lipinski definition) is 0. The largest absolute Gasteiger partial charge is 0.294 e. The minimum Gasteiger partial charge on any atom is -0.294 e. The van der Waals surface area contributed by atoms with E-state index in [1.54, 1.807) is 0 Å². The second-order valence-electron chi connectivity index (χ2n) is 7.25. The van der Waals surface area contributed by atoms with Crippen molar-refractivity contribution in [2.75, 3.05) is 0 Å². The minimum atomic E-state index is -0.0708. The highest BCUT2D eigenvalue weighted by Gasteiger charge is 2.46. The Morgan fingerprint density at radius 1 is 1.32 bits per heavy atom. The minimum absolute atomic E-state index is 0.00398. The van der Waals surface area contributed by atoms with Gasteiger partial charge in [0.25, 0.3) is 0 Å². The average molecular weight is 296 g/mol. The fraction of sp³-hybridized carbons (Fsp3) is 0.500. The van der Waals surface area contributed by atoms with E-state index in [9.17, 15) is 9.59 Å². The van der Waals surface area contributed by atoms with Crippen molar-refractivity contribution in [3.63, 3.8) is 0 Å². The quantitative estimate of drug-likeness (QED) is 0.680. The lowest BCUT2D eigenvalue weighted by molar-refractivity contribution is -0.118. The Morgan fingerprint density at radius 2 is 2.00 bits per heavy atom. The van der Waals surface area contributed by atoms with E-state index in [4.69, 9.17) is 0 Å². The molecule has 116 valence electrons. The molecular weight excluding hydrogens is 272 g/mol.